The van der Waals surface area contributed by atoms with Gasteiger partial charge in [0.25, 0.3) is 0 Å². The van der Waals surface area contributed by atoms with Crippen LogP contribution in [0.1, 0.15) is 50.8 Å². The predicted octanol–water partition coefficient (Wildman–Crippen LogP) is 4.02. The van der Waals surface area contributed by atoms with Crippen molar-refractivity contribution in [3.63, 3.8) is 0 Å². The molecule has 1 atom stereocenters. The van der Waals surface area contributed by atoms with Gasteiger partial charge in [-0.25, -0.2) is 14.8 Å². The van der Waals surface area contributed by atoms with E-state index in [-0.39, 0.29) is 6.04 Å². The topological polar surface area (TPSA) is 45.7 Å². The monoisotopic (exact) mass is 345 g/mol. The number of carbonyl (C=O) groups excluding carboxylic acids is 1. The van der Waals surface area contributed by atoms with Gasteiger partial charge in [0.1, 0.15) is 5.60 Å². The van der Waals surface area contributed by atoms with Crippen LogP contribution in [0.5, 0.6) is 0 Å². The molecule has 8 heteroatoms. The van der Waals surface area contributed by atoms with Crippen LogP contribution in [-0.4, -0.2) is 40.3 Å². The molecule has 1 aliphatic rings. The summed E-state index contributed by atoms with van der Waals surface area (Å²) in [5, 5.41) is 3.06. The van der Waals surface area contributed by atoms with E-state index in [4.69, 9.17) is 4.74 Å². The van der Waals surface area contributed by atoms with Gasteiger partial charge in [-0.05, 0) is 45.2 Å². The van der Waals surface area contributed by atoms with E-state index in [2.05, 4.69) is 4.98 Å². The molecule has 24 heavy (non-hydrogen) atoms. The molecule has 0 bridgehead atoms. The maximum absolute atomic E-state index is 12.9. The Hall–Kier alpha value is -1.83. The van der Waals surface area contributed by atoms with Crippen molar-refractivity contribution in [2.24, 2.45) is 0 Å². The van der Waals surface area contributed by atoms with Gasteiger partial charge in [-0.1, -0.05) is 0 Å². The van der Waals surface area contributed by atoms with Crippen molar-refractivity contribution in [3.8, 4) is 0 Å². The number of aromatic nitrogens is 1. The van der Waals surface area contributed by atoms with Crippen LogP contribution in [-0.2, 0) is 10.9 Å². The molecule has 2 rings (SSSR count). The summed E-state index contributed by atoms with van der Waals surface area (Å²) in [4.78, 5) is 15.9. The van der Waals surface area contributed by atoms with E-state index in [0.29, 0.717) is 18.5 Å². The first-order valence-corrected chi connectivity index (χ1v) is 7.74. The van der Waals surface area contributed by atoms with Gasteiger partial charge in [-0.3, -0.25) is 4.98 Å². The third-order valence-corrected chi connectivity index (χ3v) is 3.74. The summed E-state index contributed by atoms with van der Waals surface area (Å²) in [6.45, 7) is 5.85. The SMILES string of the molecule is CN(C(=O)OC(C)(C)C)N1CCCC1c1cncc(C(F)(F)F)c1. The number of rotatable bonds is 2. The van der Waals surface area contributed by atoms with Crippen molar-refractivity contribution in [2.75, 3.05) is 13.6 Å². The molecule has 134 valence electrons. The van der Waals surface area contributed by atoms with E-state index in [0.717, 1.165) is 18.7 Å². The lowest BCUT2D eigenvalue weighted by molar-refractivity contribution is -0.138. The van der Waals surface area contributed by atoms with Crippen LogP contribution in [0.2, 0.25) is 0 Å². The smallest absolute Gasteiger partial charge is 0.424 e. The zero-order chi connectivity index (χ0) is 18.1. The molecule has 1 unspecified atom stereocenters. The predicted molar refractivity (Wildman–Crippen MR) is 81.9 cm³/mol. The Morgan fingerprint density at radius 2 is 2.00 bits per heavy atom. The number of ether oxygens (including phenoxy) is 1. The quantitative estimate of drug-likeness (QED) is 0.812. The lowest BCUT2D eigenvalue weighted by Gasteiger charge is -2.34. The molecule has 1 fully saturated rings. The van der Waals surface area contributed by atoms with Crippen molar-refractivity contribution in [1.82, 2.24) is 15.0 Å². The van der Waals surface area contributed by atoms with E-state index in [1.54, 1.807) is 32.8 Å². The van der Waals surface area contributed by atoms with E-state index in [9.17, 15) is 18.0 Å². The zero-order valence-corrected chi connectivity index (χ0v) is 14.2. The molecular formula is C16H22F3N3O2. The Morgan fingerprint density at radius 1 is 1.33 bits per heavy atom. The maximum atomic E-state index is 12.9. The number of halogens is 3. The second kappa shape index (κ2) is 6.58. The van der Waals surface area contributed by atoms with Gasteiger partial charge < -0.3 is 4.74 Å². The maximum Gasteiger partial charge on any atom is 0.424 e. The fraction of sp³-hybridized carbons (Fsp3) is 0.625. The zero-order valence-electron chi connectivity index (χ0n) is 14.2. The summed E-state index contributed by atoms with van der Waals surface area (Å²) in [6.07, 6.45) is -1.33. The van der Waals surface area contributed by atoms with Gasteiger partial charge in [0.05, 0.1) is 11.6 Å². The third-order valence-electron chi connectivity index (χ3n) is 3.74. The fourth-order valence-corrected chi connectivity index (χ4v) is 2.68. The molecule has 2 heterocycles. The molecule has 0 radical (unpaired) electrons. The number of pyridine rings is 1. The van der Waals surface area contributed by atoms with Crippen LogP contribution >= 0.6 is 0 Å². The van der Waals surface area contributed by atoms with E-state index in [1.807, 2.05) is 0 Å². The summed E-state index contributed by atoms with van der Waals surface area (Å²) < 4.78 is 44.0. The van der Waals surface area contributed by atoms with Crippen molar-refractivity contribution in [2.45, 2.75) is 51.4 Å². The molecule has 1 aromatic rings. The van der Waals surface area contributed by atoms with Crippen LogP contribution in [0.3, 0.4) is 0 Å². The van der Waals surface area contributed by atoms with E-state index in [1.165, 1.54) is 11.2 Å². The highest BCUT2D eigenvalue weighted by atomic mass is 19.4. The molecule has 1 amide bonds. The number of hydrazine groups is 1. The molecule has 5 nitrogen and oxygen atoms in total. The minimum absolute atomic E-state index is 0.336. The minimum Gasteiger partial charge on any atom is -0.443 e. The summed E-state index contributed by atoms with van der Waals surface area (Å²) in [5.74, 6) is 0. The molecule has 0 spiro atoms. The number of carbonyl (C=O) groups is 1. The Labute approximate surface area is 139 Å². The van der Waals surface area contributed by atoms with Crippen LogP contribution in [0.15, 0.2) is 18.5 Å². The molecule has 1 aromatic heterocycles. The van der Waals surface area contributed by atoms with E-state index >= 15 is 0 Å². The van der Waals surface area contributed by atoms with Crippen LogP contribution in [0.4, 0.5) is 18.0 Å². The number of amides is 1. The molecule has 0 aliphatic carbocycles. The first-order valence-electron chi connectivity index (χ1n) is 7.74. The van der Waals surface area contributed by atoms with Gasteiger partial charge in [0.2, 0.25) is 0 Å². The molecule has 0 aromatic carbocycles. The van der Waals surface area contributed by atoms with Crippen molar-refractivity contribution in [3.05, 3.63) is 29.6 Å². The molecule has 1 aliphatic heterocycles. The Balaban J connectivity index is 2.20. The Bertz CT molecular complexity index is 599. The molecular weight excluding hydrogens is 323 g/mol. The highest BCUT2D eigenvalue weighted by Gasteiger charge is 2.36. The number of alkyl halides is 3. The van der Waals surface area contributed by atoms with Gasteiger partial charge in [-0.15, -0.1) is 0 Å². The third kappa shape index (κ3) is 4.37. The Morgan fingerprint density at radius 3 is 2.58 bits per heavy atom. The van der Waals surface area contributed by atoms with Gasteiger partial charge in [0.15, 0.2) is 0 Å². The minimum atomic E-state index is -4.44. The van der Waals surface area contributed by atoms with Gasteiger partial charge in [-0.2, -0.15) is 13.2 Å². The van der Waals surface area contributed by atoms with Crippen LogP contribution in [0.25, 0.3) is 0 Å². The highest BCUT2D eigenvalue weighted by molar-refractivity contribution is 5.67. The van der Waals surface area contributed by atoms with Crippen LogP contribution < -0.4 is 0 Å². The van der Waals surface area contributed by atoms with E-state index < -0.39 is 23.4 Å². The summed E-state index contributed by atoms with van der Waals surface area (Å²) in [6, 6.07) is 0.760. The standard InChI is InChI=1S/C16H22F3N3O2/c1-15(2,3)24-14(23)21(4)22-7-5-6-13(22)11-8-12(10-20-9-11)16(17,18)19/h8-10,13H,5-7H2,1-4H3. The lowest BCUT2D eigenvalue weighted by Crippen LogP contribution is -2.45. The summed E-state index contributed by atoms with van der Waals surface area (Å²) in [7, 11) is 1.56. The largest absolute Gasteiger partial charge is 0.443 e. The van der Waals surface area contributed by atoms with Crippen LogP contribution in [0, 0.1) is 0 Å². The second-order valence-corrected chi connectivity index (χ2v) is 6.83. The average molecular weight is 345 g/mol. The number of nitrogens with zero attached hydrogens (tertiary/aromatic N) is 3. The number of hydrogen-bond acceptors (Lipinski definition) is 4. The Kier molecular flexibility index (Phi) is 5.08. The fourth-order valence-electron chi connectivity index (χ4n) is 2.68. The second-order valence-electron chi connectivity index (χ2n) is 6.83. The summed E-state index contributed by atoms with van der Waals surface area (Å²) >= 11 is 0. The first-order chi connectivity index (χ1) is 11.0. The van der Waals surface area contributed by atoms with Crippen molar-refractivity contribution < 1.29 is 22.7 Å². The van der Waals surface area contributed by atoms with Gasteiger partial charge >= 0.3 is 12.3 Å². The lowest BCUT2D eigenvalue weighted by atomic mass is 10.1. The van der Waals surface area contributed by atoms with Crippen molar-refractivity contribution >= 4 is 6.09 Å². The molecule has 0 N–H and O–H groups in total. The van der Waals surface area contributed by atoms with Crippen molar-refractivity contribution in [1.29, 1.82) is 0 Å². The summed E-state index contributed by atoms with van der Waals surface area (Å²) in [5.41, 5.74) is -0.984. The van der Waals surface area contributed by atoms with Gasteiger partial charge in [0, 0.05) is 26.0 Å². The first kappa shape index (κ1) is 18.5. The highest BCUT2D eigenvalue weighted by Crippen LogP contribution is 2.36. The molecule has 0 saturated carbocycles. The number of hydrogen-bond donors (Lipinski definition) is 0. The normalized spacial score (nSPS) is 19.4. The molecule has 1 saturated heterocycles. The average Bonchev–Trinajstić information content (AvgIpc) is 2.93.